The zero-order valence-electron chi connectivity index (χ0n) is 9.51. The van der Waals surface area contributed by atoms with Crippen LogP contribution in [0, 0.1) is 5.92 Å². The highest BCUT2D eigenvalue weighted by Crippen LogP contribution is 2.19. The summed E-state index contributed by atoms with van der Waals surface area (Å²) in [5.74, 6) is 0.808. The molecule has 0 bridgehead atoms. The lowest BCUT2D eigenvalue weighted by Gasteiger charge is -2.15. The molecule has 0 saturated carbocycles. The maximum absolute atomic E-state index is 11.2. The molecule has 0 aliphatic heterocycles. The van der Waals surface area contributed by atoms with Gasteiger partial charge in [-0.25, -0.2) is 5.11 Å². The van der Waals surface area contributed by atoms with Crippen LogP contribution in [-0.2, 0) is 5.11 Å². The van der Waals surface area contributed by atoms with E-state index in [9.17, 15) is 5.11 Å². The highest BCUT2D eigenvalue weighted by atomic mass is 16.3. The molecule has 0 aliphatic rings. The molecule has 0 aromatic heterocycles. The lowest BCUT2D eigenvalue weighted by atomic mass is 9.93. The quantitative estimate of drug-likeness (QED) is 0.540. The van der Waals surface area contributed by atoms with E-state index >= 15 is 0 Å². The third-order valence-electron chi connectivity index (χ3n) is 2.90. The average Bonchev–Trinajstić information content (AvgIpc) is 2.17. The van der Waals surface area contributed by atoms with Crippen LogP contribution in [0.1, 0.15) is 65.7 Å². The summed E-state index contributed by atoms with van der Waals surface area (Å²) in [7, 11) is 0. The van der Waals surface area contributed by atoms with Gasteiger partial charge < -0.3 is 0 Å². The van der Waals surface area contributed by atoms with Gasteiger partial charge in [-0.05, 0) is 25.2 Å². The Hall–Kier alpha value is -0.0400. The summed E-state index contributed by atoms with van der Waals surface area (Å²) in [6.45, 7) is 6.46. The molecule has 0 N–H and O–H groups in total. The molecule has 0 rings (SSSR count). The zero-order valence-corrected chi connectivity index (χ0v) is 9.51. The molecular formula is C12H25O. The van der Waals surface area contributed by atoms with Crippen LogP contribution in [0.15, 0.2) is 0 Å². The minimum absolute atomic E-state index is 0.310. The molecule has 1 nitrogen and oxygen atoms in total. The van der Waals surface area contributed by atoms with Crippen molar-refractivity contribution in [3.8, 4) is 0 Å². The van der Waals surface area contributed by atoms with Crippen LogP contribution in [0.3, 0.4) is 0 Å². The van der Waals surface area contributed by atoms with E-state index in [0.29, 0.717) is 0 Å². The molecule has 13 heavy (non-hydrogen) atoms. The third-order valence-corrected chi connectivity index (χ3v) is 2.90. The molecule has 0 saturated heterocycles. The second-order valence-corrected chi connectivity index (χ2v) is 4.02. The van der Waals surface area contributed by atoms with Gasteiger partial charge in [-0.1, -0.05) is 46.5 Å². The monoisotopic (exact) mass is 185 g/mol. The van der Waals surface area contributed by atoms with Crippen molar-refractivity contribution in [2.24, 2.45) is 5.92 Å². The first-order valence-corrected chi connectivity index (χ1v) is 5.90. The molecule has 0 amide bonds. The largest absolute Gasteiger partial charge is 0.233 e. The molecule has 79 valence electrons. The van der Waals surface area contributed by atoms with Crippen LogP contribution < -0.4 is 0 Å². The highest BCUT2D eigenvalue weighted by molar-refractivity contribution is 4.61. The van der Waals surface area contributed by atoms with Crippen LogP contribution in [0.25, 0.3) is 0 Å². The fourth-order valence-electron chi connectivity index (χ4n) is 1.67. The standard InChI is InChI=1S/C12H25O/c1-4-7-8-11(5-2)9-10-12(13)6-3/h11-12H,4-10H2,1-3H3. The molecule has 2 atom stereocenters. The SMILES string of the molecule is CCCCC(CC)CCC([O])CC. The summed E-state index contributed by atoms with van der Waals surface area (Å²) in [5.41, 5.74) is 0. The van der Waals surface area contributed by atoms with Gasteiger partial charge in [0.25, 0.3) is 0 Å². The Labute approximate surface area is 83.5 Å². The van der Waals surface area contributed by atoms with Gasteiger partial charge in [0.15, 0.2) is 0 Å². The van der Waals surface area contributed by atoms with Crippen LogP contribution in [-0.4, -0.2) is 6.10 Å². The molecule has 0 spiro atoms. The van der Waals surface area contributed by atoms with Crippen molar-refractivity contribution in [3.63, 3.8) is 0 Å². The van der Waals surface area contributed by atoms with Gasteiger partial charge in [0.05, 0.1) is 6.10 Å². The molecule has 0 aromatic carbocycles. The number of hydrogen-bond donors (Lipinski definition) is 0. The predicted molar refractivity (Wildman–Crippen MR) is 57.3 cm³/mol. The van der Waals surface area contributed by atoms with Crippen molar-refractivity contribution in [3.05, 3.63) is 0 Å². The minimum Gasteiger partial charge on any atom is -0.233 e. The van der Waals surface area contributed by atoms with Gasteiger partial charge in [0, 0.05) is 0 Å². The van der Waals surface area contributed by atoms with E-state index in [1.807, 2.05) is 6.92 Å². The summed E-state index contributed by atoms with van der Waals surface area (Å²) in [4.78, 5) is 0. The van der Waals surface area contributed by atoms with Crippen molar-refractivity contribution in [1.82, 2.24) is 0 Å². The van der Waals surface area contributed by atoms with Crippen LogP contribution >= 0.6 is 0 Å². The molecule has 0 fully saturated rings. The first-order chi connectivity index (χ1) is 6.24. The molecular weight excluding hydrogens is 160 g/mol. The van der Waals surface area contributed by atoms with E-state index in [0.717, 1.165) is 25.2 Å². The van der Waals surface area contributed by atoms with Gasteiger partial charge in [-0.3, -0.25) is 0 Å². The van der Waals surface area contributed by atoms with E-state index in [4.69, 9.17) is 0 Å². The van der Waals surface area contributed by atoms with E-state index in [1.165, 1.54) is 25.7 Å². The fourth-order valence-corrected chi connectivity index (χ4v) is 1.67. The van der Waals surface area contributed by atoms with Crippen molar-refractivity contribution in [1.29, 1.82) is 0 Å². The number of rotatable bonds is 8. The van der Waals surface area contributed by atoms with E-state index in [1.54, 1.807) is 0 Å². The molecule has 1 radical (unpaired) electrons. The third kappa shape index (κ3) is 7.06. The molecule has 0 aromatic rings. The normalized spacial score (nSPS) is 15.7. The van der Waals surface area contributed by atoms with E-state index in [-0.39, 0.29) is 6.10 Å². The van der Waals surface area contributed by atoms with Crippen molar-refractivity contribution in [2.45, 2.75) is 71.8 Å². The van der Waals surface area contributed by atoms with Gasteiger partial charge >= 0.3 is 0 Å². The van der Waals surface area contributed by atoms with Gasteiger partial charge in [0.2, 0.25) is 0 Å². The van der Waals surface area contributed by atoms with Crippen molar-refractivity contribution >= 4 is 0 Å². The summed E-state index contributed by atoms with van der Waals surface area (Å²) in [6, 6.07) is 0. The molecule has 0 aliphatic carbocycles. The topological polar surface area (TPSA) is 19.9 Å². The first-order valence-electron chi connectivity index (χ1n) is 5.90. The Morgan fingerprint density at radius 1 is 0.923 bits per heavy atom. The minimum atomic E-state index is -0.310. The Morgan fingerprint density at radius 3 is 2.08 bits per heavy atom. The Kier molecular flexibility index (Phi) is 8.53. The summed E-state index contributed by atoms with van der Waals surface area (Å²) < 4.78 is 0. The van der Waals surface area contributed by atoms with E-state index < -0.39 is 0 Å². The summed E-state index contributed by atoms with van der Waals surface area (Å²) in [5, 5.41) is 11.2. The lowest BCUT2D eigenvalue weighted by Crippen LogP contribution is -2.07. The second-order valence-electron chi connectivity index (χ2n) is 4.02. The van der Waals surface area contributed by atoms with Crippen LogP contribution in [0.4, 0.5) is 0 Å². The first kappa shape index (κ1) is 13.0. The number of hydrogen-bond acceptors (Lipinski definition) is 0. The van der Waals surface area contributed by atoms with Crippen molar-refractivity contribution < 1.29 is 5.11 Å². The summed E-state index contributed by atoms with van der Waals surface area (Å²) >= 11 is 0. The van der Waals surface area contributed by atoms with Gasteiger partial charge in [0.1, 0.15) is 0 Å². The maximum atomic E-state index is 11.2. The lowest BCUT2D eigenvalue weighted by molar-refractivity contribution is 0.0710. The van der Waals surface area contributed by atoms with Gasteiger partial charge in [-0.15, -0.1) is 0 Å². The van der Waals surface area contributed by atoms with Crippen molar-refractivity contribution in [2.75, 3.05) is 0 Å². The van der Waals surface area contributed by atoms with E-state index in [2.05, 4.69) is 13.8 Å². The average molecular weight is 185 g/mol. The zero-order chi connectivity index (χ0) is 10.1. The number of unbranched alkanes of at least 4 members (excludes halogenated alkanes) is 1. The fraction of sp³-hybridized carbons (Fsp3) is 1.00. The smallest absolute Gasteiger partial charge is 0.0927 e. The molecule has 2 unspecified atom stereocenters. The van der Waals surface area contributed by atoms with Crippen LogP contribution in [0.5, 0.6) is 0 Å². The Morgan fingerprint density at radius 2 is 1.62 bits per heavy atom. The predicted octanol–water partition coefficient (Wildman–Crippen LogP) is 4.19. The second kappa shape index (κ2) is 8.55. The maximum Gasteiger partial charge on any atom is 0.0927 e. The molecule has 0 heterocycles. The Balaban J connectivity index is 3.46. The van der Waals surface area contributed by atoms with Gasteiger partial charge in [-0.2, -0.15) is 0 Å². The molecule has 1 heteroatoms. The Bertz CT molecular complexity index is 101. The highest BCUT2D eigenvalue weighted by Gasteiger charge is 2.09. The summed E-state index contributed by atoms with van der Waals surface area (Å²) in [6.07, 6.45) is 7.70. The van der Waals surface area contributed by atoms with Crippen LogP contribution in [0.2, 0.25) is 0 Å².